The predicted octanol–water partition coefficient (Wildman–Crippen LogP) is 2.67. The molecule has 0 aliphatic carbocycles. The lowest BCUT2D eigenvalue weighted by Crippen LogP contribution is -2.32. The van der Waals surface area contributed by atoms with E-state index >= 15 is 0 Å². The lowest BCUT2D eigenvalue weighted by Gasteiger charge is -2.22. The molecule has 4 heteroatoms. The van der Waals surface area contributed by atoms with Gasteiger partial charge in [-0.15, -0.1) is 0 Å². The average Bonchev–Trinajstić information content (AvgIpc) is 2.28. The topological polar surface area (TPSA) is 57.6 Å². The van der Waals surface area contributed by atoms with E-state index in [0.29, 0.717) is 12.8 Å². The molecule has 0 spiro atoms. The van der Waals surface area contributed by atoms with Gasteiger partial charge in [-0.05, 0) is 19.3 Å². The van der Waals surface area contributed by atoms with Crippen LogP contribution in [0.2, 0.25) is 0 Å². The smallest absolute Gasteiger partial charge is 0.303 e. The molecule has 0 aromatic heterocycles. The van der Waals surface area contributed by atoms with Crippen molar-refractivity contribution in [3.63, 3.8) is 0 Å². The second-order valence-electron chi connectivity index (χ2n) is 4.34. The van der Waals surface area contributed by atoms with Crippen LogP contribution in [0.5, 0.6) is 0 Å². The minimum atomic E-state index is -0.827. The van der Waals surface area contributed by atoms with Crippen LogP contribution in [0.4, 0.5) is 0 Å². The first-order chi connectivity index (χ1) is 8.11. The third-order valence-electron chi connectivity index (χ3n) is 2.70. The first kappa shape index (κ1) is 15.9. The van der Waals surface area contributed by atoms with Crippen LogP contribution < -0.4 is 0 Å². The van der Waals surface area contributed by atoms with Crippen molar-refractivity contribution in [3.8, 4) is 0 Å². The molecule has 0 unspecified atom stereocenters. The minimum absolute atomic E-state index is 0.0845. The van der Waals surface area contributed by atoms with Crippen molar-refractivity contribution in [3.05, 3.63) is 0 Å². The number of carbonyl (C=O) groups excluding carboxylic acids is 1. The molecule has 0 fully saturated rings. The summed E-state index contributed by atoms with van der Waals surface area (Å²) in [5.74, 6) is -0.723. The van der Waals surface area contributed by atoms with Crippen molar-refractivity contribution in [1.82, 2.24) is 4.90 Å². The molecule has 0 saturated carbocycles. The first-order valence-corrected chi connectivity index (χ1v) is 6.61. The summed E-state index contributed by atoms with van der Waals surface area (Å²) in [6, 6.07) is 0. The second kappa shape index (κ2) is 10.1. The summed E-state index contributed by atoms with van der Waals surface area (Å²) in [7, 11) is 0. The highest BCUT2D eigenvalue weighted by atomic mass is 16.4. The van der Waals surface area contributed by atoms with E-state index in [-0.39, 0.29) is 12.3 Å². The Balaban J connectivity index is 3.97. The maximum Gasteiger partial charge on any atom is 0.303 e. The van der Waals surface area contributed by atoms with Gasteiger partial charge in [0.1, 0.15) is 0 Å². The molecule has 0 aromatic carbocycles. The summed E-state index contributed by atoms with van der Waals surface area (Å²) in [6.45, 7) is 5.82. The Bertz CT molecular complexity index is 221. The maximum atomic E-state index is 11.9. The summed E-state index contributed by atoms with van der Waals surface area (Å²) in [5, 5.41) is 8.52. The van der Waals surface area contributed by atoms with Gasteiger partial charge in [-0.2, -0.15) is 0 Å². The lowest BCUT2D eigenvalue weighted by molar-refractivity contribution is -0.137. The molecule has 0 heterocycles. The third kappa shape index (κ3) is 8.72. The third-order valence-corrected chi connectivity index (χ3v) is 2.70. The molecule has 100 valence electrons. The zero-order chi connectivity index (χ0) is 13.1. The van der Waals surface area contributed by atoms with Gasteiger partial charge in [0.15, 0.2) is 0 Å². The van der Waals surface area contributed by atoms with E-state index in [1.54, 1.807) is 0 Å². The number of hydrogen-bond donors (Lipinski definition) is 1. The molecule has 0 rings (SSSR count). The normalized spacial score (nSPS) is 10.2. The van der Waals surface area contributed by atoms with Gasteiger partial charge in [-0.1, -0.05) is 26.7 Å². The van der Waals surface area contributed by atoms with Crippen LogP contribution in [0.15, 0.2) is 0 Å². The number of nitrogens with zero attached hydrogens (tertiary/aromatic N) is 1. The number of carboxylic acid groups (broad SMARTS) is 1. The van der Waals surface area contributed by atoms with Crippen LogP contribution in [0.1, 0.15) is 58.8 Å². The van der Waals surface area contributed by atoms with E-state index in [9.17, 15) is 9.59 Å². The zero-order valence-electron chi connectivity index (χ0n) is 11.1. The largest absolute Gasteiger partial charge is 0.481 e. The monoisotopic (exact) mass is 243 g/mol. The van der Waals surface area contributed by atoms with Gasteiger partial charge in [-0.3, -0.25) is 9.59 Å². The van der Waals surface area contributed by atoms with Crippen molar-refractivity contribution in [1.29, 1.82) is 0 Å². The number of rotatable bonds is 10. The van der Waals surface area contributed by atoms with Crippen LogP contribution in [0.3, 0.4) is 0 Å². The number of carboxylic acids is 1. The highest BCUT2D eigenvalue weighted by molar-refractivity contribution is 5.77. The lowest BCUT2D eigenvalue weighted by atomic mass is 10.2. The SMILES string of the molecule is CCCCN(CCCC)C(=O)CCCC(=O)O. The van der Waals surface area contributed by atoms with E-state index < -0.39 is 5.97 Å². The number of carbonyl (C=O) groups is 2. The Morgan fingerprint density at radius 3 is 1.88 bits per heavy atom. The van der Waals surface area contributed by atoms with Crippen LogP contribution >= 0.6 is 0 Å². The fourth-order valence-corrected chi connectivity index (χ4v) is 1.61. The van der Waals surface area contributed by atoms with Gasteiger partial charge < -0.3 is 10.0 Å². The number of hydrogen-bond acceptors (Lipinski definition) is 2. The van der Waals surface area contributed by atoms with Crippen molar-refractivity contribution in [2.45, 2.75) is 58.8 Å². The number of aliphatic carboxylic acids is 1. The molecule has 0 bridgehead atoms. The Labute approximate surface area is 104 Å². The van der Waals surface area contributed by atoms with Gasteiger partial charge in [0, 0.05) is 25.9 Å². The Hall–Kier alpha value is -1.06. The molecular formula is C13H25NO3. The molecule has 0 aromatic rings. The molecule has 1 amide bonds. The molecule has 1 N–H and O–H groups in total. The molecule has 0 radical (unpaired) electrons. The van der Waals surface area contributed by atoms with Gasteiger partial charge in [-0.25, -0.2) is 0 Å². The van der Waals surface area contributed by atoms with Crippen LogP contribution in [0, 0.1) is 0 Å². The quantitative estimate of drug-likeness (QED) is 0.641. The molecule has 17 heavy (non-hydrogen) atoms. The molecule has 4 nitrogen and oxygen atoms in total. The second-order valence-corrected chi connectivity index (χ2v) is 4.34. The summed E-state index contributed by atoms with van der Waals surface area (Å²) in [5.41, 5.74) is 0. The van der Waals surface area contributed by atoms with E-state index in [4.69, 9.17) is 5.11 Å². The highest BCUT2D eigenvalue weighted by Gasteiger charge is 2.12. The predicted molar refractivity (Wildman–Crippen MR) is 67.9 cm³/mol. The summed E-state index contributed by atoms with van der Waals surface area (Å²) in [6.07, 6.45) is 5.09. The average molecular weight is 243 g/mol. The fourth-order valence-electron chi connectivity index (χ4n) is 1.61. The number of amides is 1. The molecule has 0 aliphatic rings. The minimum Gasteiger partial charge on any atom is -0.481 e. The summed E-state index contributed by atoms with van der Waals surface area (Å²) >= 11 is 0. The van der Waals surface area contributed by atoms with Gasteiger partial charge in [0.2, 0.25) is 5.91 Å². The Kier molecular flexibility index (Phi) is 9.49. The van der Waals surface area contributed by atoms with E-state index in [1.807, 2.05) is 4.90 Å². The first-order valence-electron chi connectivity index (χ1n) is 6.61. The fraction of sp³-hybridized carbons (Fsp3) is 0.846. The summed E-state index contributed by atoms with van der Waals surface area (Å²) in [4.78, 5) is 24.1. The Morgan fingerprint density at radius 1 is 0.941 bits per heavy atom. The van der Waals surface area contributed by atoms with Gasteiger partial charge in [0.05, 0.1) is 0 Å². The van der Waals surface area contributed by atoms with Crippen LogP contribution in [-0.4, -0.2) is 35.0 Å². The van der Waals surface area contributed by atoms with Crippen molar-refractivity contribution >= 4 is 11.9 Å². The standard InChI is InChI=1S/C13H25NO3/c1-3-5-10-14(11-6-4-2)12(15)8-7-9-13(16)17/h3-11H2,1-2H3,(H,16,17). The van der Waals surface area contributed by atoms with Crippen molar-refractivity contribution in [2.24, 2.45) is 0 Å². The molecule has 0 saturated heterocycles. The number of unbranched alkanes of at least 4 members (excludes halogenated alkanes) is 2. The molecule has 0 atom stereocenters. The van der Waals surface area contributed by atoms with Crippen LogP contribution in [-0.2, 0) is 9.59 Å². The Morgan fingerprint density at radius 2 is 1.47 bits per heavy atom. The van der Waals surface area contributed by atoms with E-state index in [0.717, 1.165) is 38.8 Å². The van der Waals surface area contributed by atoms with Gasteiger partial charge in [0.25, 0.3) is 0 Å². The summed E-state index contributed by atoms with van der Waals surface area (Å²) < 4.78 is 0. The molecule has 0 aliphatic heterocycles. The zero-order valence-corrected chi connectivity index (χ0v) is 11.1. The van der Waals surface area contributed by atoms with Crippen molar-refractivity contribution in [2.75, 3.05) is 13.1 Å². The highest BCUT2D eigenvalue weighted by Crippen LogP contribution is 2.05. The van der Waals surface area contributed by atoms with E-state index in [2.05, 4.69) is 13.8 Å². The van der Waals surface area contributed by atoms with Crippen molar-refractivity contribution < 1.29 is 14.7 Å². The van der Waals surface area contributed by atoms with Crippen LogP contribution in [0.25, 0.3) is 0 Å². The van der Waals surface area contributed by atoms with Gasteiger partial charge >= 0.3 is 5.97 Å². The molecular weight excluding hydrogens is 218 g/mol. The van der Waals surface area contributed by atoms with E-state index in [1.165, 1.54) is 0 Å². The maximum absolute atomic E-state index is 11.9.